The Hall–Kier alpha value is -3.09. The van der Waals surface area contributed by atoms with E-state index in [1.165, 1.54) is 0 Å². The Balaban J connectivity index is 1.49. The van der Waals surface area contributed by atoms with E-state index < -0.39 is 5.97 Å². The van der Waals surface area contributed by atoms with Crippen molar-refractivity contribution < 1.29 is 28.6 Å². The van der Waals surface area contributed by atoms with Gasteiger partial charge in [-0.2, -0.15) is 0 Å². The lowest BCUT2D eigenvalue weighted by molar-refractivity contribution is -0.142. The predicted molar refractivity (Wildman–Crippen MR) is 101 cm³/mol. The standard InChI is InChI=1S/C21H23NO6/c1-13-10-16(14(2)22(13)3)18(24)12-28-21(25)7-5-17(23)15-4-6-19-20(11-15)27-9-8-26-19/h4,6,10-11H,5,7-9,12H2,1-3H3. The molecule has 0 atom stereocenters. The van der Waals surface area contributed by atoms with Crippen LogP contribution in [0.4, 0.5) is 0 Å². The van der Waals surface area contributed by atoms with Crippen molar-refractivity contribution in [1.82, 2.24) is 4.57 Å². The molecule has 0 bridgehead atoms. The summed E-state index contributed by atoms with van der Waals surface area (Å²) in [5, 5.41) is 0. The Labute approximate surface area is 163 Å². The van der Waals surface area contributed by atoms with Gasteiger partial charge < -0.3 is 18.8 Å². The summed E-state index contributed by atoms with van der Waals surface area (Å²) in [5.41, 5.74) is 2.77. The first kappa shape index (κ1) is 19.7. The third-order valence-corrected chi connectivity index (χ3v) is 4.86. The van der Waals surface area contributed by atoms with Gasteiger partial charge >= 0.3 is 5.97 Å². The average Bonchev–Trinajstić information content (AvgIpc) is 2.97. The van der Waals surface area contributed by atoms with Gasteiger partial charge in [-0.15, -0.1) is 0 Å². The lowest BCUT2D eigenvalue weighted by atomic mass is 10.1. The van der Waals surface area contributed by atoms with Crippen LogP contribution in [0.5, 0.6) is 11.5 Å². The number of rotatable bonds is 7. The first-order chi connectivity index (χ1) is 13.4. The van der Waals surface area contributed by atoms with Crippen molar-refractivity contribution in [2.24, 2.45) is 7.05 Å². The molecule has 0 spiro atoms. The Morgan fingerprint density at radius 2 is 1.71 bits per heavy atom. The van der Waals surface area contributed by atoms with E-state index in [2.05, 4.69) is 0 Å². The highest BCUT2D eigenvalue weighted by molar-refractivity contribution is 6.00. The number of nitrogens with zero attached hydrogens (tertiary/aromatic N) is 1. The van der Waals surface area contributed by atoms with Gasteiger partial charge in [-0.25, -0.2) is 0 Å². The normalized spacial score (nSPS) is 12.5. The van der Waals surface area contributed by atoms with E-state index in [4.69, 9.17) is 14.2 Å². The molecule has 0 saturated heterocycles. The first-order valence-electron chi connectivity index (χ1n) is 9.11. The fraction of sp³-hybridized carbons (Fsp3) is 0.381. The topological polar surface area (TPSA) is 83.8 Å². The molecule has 3 rings (SSSR count). The first-order valence-corrected chi connectivity index (χ1v) is 9.11. The fourth-order valence-corrected chi connectivity index (χ4v) is 3.01. The second kappa shape index (κ2) is 8.29. The zero-order chi connectivity index (χ0) is 20.3. The molecule has 2 heterocycles. The summed E-state index contributed by atoms with van der Waals surface area (Å²) < 4.78 is 17.8. The summed E-state index contributed by atoms with van der Waals surface area (Å²) in [6, 6.07) is 6.72. The molecule has 0 amide bonds. The van der Waals surface area contributed by atoms with Crippen LogP contribution in [0, 0.1) is 13.8 Å². The minimum absolute atomic E-state index is 0.00383. The molecular formula is C21H23NO6. The molecule has 0 aliphatic carbocycles. The van der Waals surface area contributed by atoms with E-state index in [-0.39, 0.29) is 31.0 Å². The minimum Gasteiger partial charge on any atom is -0.486 e. The highest BCUT2D eigenvalue weighted by atomic mass is 16.6. The van der Waals surface area contributed by atoms with E-state index in [0.29, 0.717) is 35.8 Å². The fourth-order valence-electron chi connectivity index (χ4n) is 3.01. The van der Waals surface area contributed by atoms with Crippen LogP contribution >= 0.6 is 0 Å². The number of ketones is 2. The van der Waals surface area contributed by atoms with Gasteiger partial charge in [0, 0.05) is 36.0 Å². The number of aryl methyl sites for hydroxylation is 1. The van der Waals surface area contributed by atoms with Crippen molar-refractivity contribution in [3.63, 3.8) is 0 Å². The van der Waals surface area contributed by atoms with Crippen LogP contribution in [-0.4, -0.2) is 41.9 Å². The molecule has 1 aromatic heterocycles. The molecule has 148 valence electrons. The molecule has 1 aliphatic rings. The zero-order valence-electron chi connectivity index (χ0n) is 16.2. The third-order valence-electron chi connectivity index (χ3n) is 4.86. The molecule has 0 N–H and O–H groups in total. The Bertz CT molecular complexity index is 927. The minimum atomic E-state index is -0.579. The average molecular weight is 385 g/mol. The number of carbonyl (C=O) groups excluding carboxylic acids is 3. The van der Waals surface area contributed by atoms with Crippen molar-refractivity contribution in [3.05, 3.63) is 46.8 Å². The molecule has 7 nitrogen and oxygen atoms in total. The van der Waals surface area contributed by atoms with Crippen LogP contribution in [0.15, 0.2) is 24.3 Å². The molecule has 28 heavy (non-hydrogen) atoms. The maximum absolute atomic E-state index is 12.3. The number of esters is 1. The molecule has 0 unspecified atom stereocenters. The van der Waals surface area contributed by atoms with Crippen molar-refractivity contribution in [2.45, 2.75) is 26.7 Å². The van der Waals surface area contributed by atoms with Gasteiger partial charge in [-0.05, 0) is 38.1 Å². The van der Waals surface area contributed by atoms with E-state index in [1.807, 2.05) is 25.5 Å². The Morgan fingerprint density at radius 3 is 2.39 bits per heavy atom. The summed E-state index contributed by atoms with van der Waals surface area (Å²) in [4.78, 5) is 36.5. The SMILES string of the molecule is Cc1cc(C(=O)COC(=O)CCC(=O)c2ccc3c(c2)OCCO3)c(C)n1C. The number of hydrogen-bond donors (Lipinski definition) is 0. The van der Waals surface area contributed by atoms with Gasteiger partial charge in [0.15, 0.2) is 23.9 Å². The van der Waals surface area contributed by atoms with Crippen LogP contribution in [0.25, 0.3) is 0 Å². The lowest BCUT2D eigenvalue weighted by Crippen LogP contribution is -2.16. The van der Waals surface area contributed by atoms with Crippen molar-refractivity contribution >= 4 is 17.5 Å². The number of Topliss-reactive ketones (excluding diaryl/α,β-unsaturated/α-hetero) is 2. The van der Waals surface area contributed by atoms with Gasteiger partial charge in [-0.3, -0.25) is 14.4 Å². The van der Waals surface area contributed by atoms with E-state index in [9.17, 15) is 14.4 Å². The van der Waals surface area contributed by atoms with Crippen LogP contribution in [0.3, 0.4) is 0 Å². The maximum atomic E-state index is 12.3. The molecule has 1 aromatic carbocycles. The summed E-state index contributed by atoms with van der Waals surface area (Å²) in [5.74, 6) is 0.0954. The van der Waals surface area contributed by atoms with Crippen molar-refractivity contribution in [1.29, 1.82) is 0 Å². The largest absolute Gasteiger partial charge is 0.486 e. The second-order valence-corrected chi connectivity index (χ2v) is 6.71. The molecule has 0 radical (unpaired) electrons. The van der Waals surface area contributed by atoms with Gasteiger partial charge in [0.1, 0.15) is 13.2 Å². The van der Waals surface area contributed by atoms with Crippen LogP contribution in [0.2, 0.25) is 0 Å². The monoisotopic (exact) mass is 385 g/mol. The van der Waals surface area contributed by atoms with Crippen LogP contribution in [-0.2, 0) is 16.6 Å². The van der Waals surface area contributed by atoms with Gasteiger partial charge in [0.05, 0.1) is 6.42 Å². The number of hydrogen-bond acceptors (Lipinski definition) is 6. The molecule has 0 fully saturated rings. The van der Waals surface area contributed by atoms with Gasteiger partial charge in [0.2, 0.25) is 5.78 Å². The molecule has 2 aromatic rings. The number of benzene rings is 1. The summed E-state index contributed by atoms with van der Waals surface area (Å²) in [7, 11) is 1.87. The van der Waals surface area contributed by atoms with Crippen molar-refractivity contribution in [3.8, 4) is 11.5 Å². The Kier molecular flexibility index (Phi) is 5.82. The van der Waals surface area contributed by atoms with Crippen LogP contribution in [0.1, 0.15) is 44.9 Å². The summed E-state index contributed by atoms with van der Waals surface area (Å²) in [6.07, 6.45) is -0.0938. The predicted octanol–water partition coefficient (Wildman–Crippen LogP) is 2.80. The summed E-state index contributed by atoms with van der Waals surface area (Å²) in [6.45, 7) is 4.33. The van der Waals surface area contributed by atoms with Crippen LogP contribution < -0.4 is 9.47 Å². The quantitative estimate of drug-likeness (QED) is 0.538. The van der Waals surface area contributed by atoms with E-state index in [1.54, 1.807) is 24.3 Å². The molecule has 1 aliphatic heterocycles. The van der Waals surface area contributed by atoms with Gasteiger partial charge in [-0.1, -0.05) is 0 Å². The third kappa shape index (κ3) is 4.24. The smallest absolute Gasteiger partial charge is 0.306 e. The lowest BCUT2D eigenvalue weighted by Gasteiger charge is -2.18. The highest BCUT2D eigenvalue weighted by Crippen LogP contribution is 2.31. The molecule has 7 heteroatoms. The second-order valence-electron chi connectivity index (χ2n) is 6.71. The maximum Gasteiger partial charge on any atom is 0.306 e. The van der Waals surface area contributed by atoms with Gasteiger partial charge in [0.25, 0.3) is 0 Å². The van der Waals surface area contributed by atoms with E-state index in [0.717, 1.165) is 11.4 Å². The summed E-state index contributed by atoms with van der Waals surface area (Å²) >= 11 is 0. The molecular weight excluding hydrogens is 362 g/mol. The van der Waals surface area contributed by atoms with E-state index >= 15 is 0 Å². The highest BCUT2D eigenvalue weighted by Gasteiger charge is 2.18. The molecule has 0 saturated carbocycles. The number of carbonyl (C=O) groups is 3. The number of ether oxygens (including phenoxy) is 3. The number of fused-ring (bicyclic) bond motifs is 1. The zero-order valence-corrected chi connectivity index (χ0v) is 16.2. The number of aromatic nitrogens is 1. The Morgan fingerprint density at radius 1 is 1.00 bits per heavy atom. The van der Waals surface area contributed by atoms with Crippen molar-refractivity contribution in [2.75, 3.05) is 19.8 Å².